The fraction of sp³-hybridized carbons (Fsp3) is 0.455. The van der Waals surface area contributed by atoms with E-state index in [-0.39, 0.29) is 0 Å². The van der Waals surface area contributed by atoms with E-state index in [4.69, 9.17) is 22.1 Å². The lowest BCUT2D eigenvalue weighted by molar-refractivity contribution is 0.0855. The van der Waals surface area contributed by atoms with Crippen LogP contribution >= 0.6 is 11.6 Å². The molecule has 14 heavy (non-hydrogen) atoms. The first-order chi connectivity index (χ1) is 6.77. The number of ether oxygens (including phenoxy) is 1. The summed E-state index contributed by atoms with van der Waals surface area (Å²) in [6, 6.07) is 5.77. The van der Waals surface area contributed by atoms with Crippen LogP contribution in [0.5, 0.6) is 0 Å². The Morgan fingerprint density at radius 2 is 2.00 bits per heavy atom. The van der Waals surface area contributed by atoms with E-state index in [1.165, 1.54) is 5.56 Å². The van der Waals surface area contributed by atoms with Crippen molar-refractivity contribution < 1.29 is 4.74 Å². The van der Waals surface area contributed by atoms with Gasteiger partial charge in [0.2, 0.25) is 0 Å². The van der Waals surface area contributed by atoms with Gasteiger partial charge in [0, 0.05) is 23.9 Å². The molecular weight excluding hydrogens is 198 g/mol. The average molecular weight is 212 g/mol. The van der Waals surface area contributed by atoms with E-state index in [0.717, 1.165) is 31.7 Å². The van der Waals surface area contributed by atoms with Gasteiger partial charge in [-0.1, -0.05) is 17.7 Å². The van der Waals surface area contributed by atoms with Crippen molar-refractivity contribution >= 4 is 17.3 Å². The summed E-state index contributed by atoms with van der Waals surface area (Å²) in [7, 11) is 0. The maximum absolute atomic E-state index is 5.93. The summed E-state index contributed by atoms with van der Waals surface area (Å²) in [5.74, 6) is 0.543. The summed E-state index contributed by atoms with van der Waals surface area (Å²) in [4.78, 5) is 0. The second kappa shape index (κ2) is 4.20. The Balaban J connectivity index is 2.22. The highest BCUT2D eigenvalue weighted by Crippen LogP contribution is 2.32. The Kier molecular flexibility index (Phi) is 2.94. The van der Waals surface area contributed by atoms with Gasteiger partial charge in [-0.15, -0.1) is 0 Å². The fourth-order valence-corrected chi connectivity index (χ4v) is 2.11. The van der Waals surface area contributed by atoms with Gasteiger partial charge in [0.25, 0.3) is 0 Å². The molecule has 1 fully saturated rings. The standard InChI is InChI=1S/C11H14ClNO/c12-9-1-2-10(11(13)7-9)8-3-5-14-6-4-8/h1-2,7-8H,3-6,13H2. The summed E-state index contributed by atoms with van der Waals surface area (Å²) in [6.45, 7) is 1.68. The largest absolute Gasteiger partial charge is 0.398 e. The molecule has 2 rings (SSSR count). The number of rotatable bonds is 1. The molecule has 1 aromatic carbocycles. The third-order valence-corrected chi connectivity index (χ3v) is 2.95. The lowest BCUT2D eigenvalue weighted by atomic mass is 9.91. The predicted molar refractivity (Wildman–Crippen MR) is 58.7 cm³/mol. The molecule has 1 aliphatic rings. The topological polar surface area (TPSA) is 35.2 Å². The molecule has 0 aliphatic carbocycles. The van der Waals surface area contributed by atoms with E-state index in [0.29, 0.717) is 10.9 Å². The summed E-state index contributed by atoms with van der Waals surface area (Å²) >= 11 is 5.85. The van der Waals surface area contributed by atoms with Crippen LogP contribution in [0.2, 0.25) is 5.02 Å². The van der Waals surface area contributed by atoms with Crippen LogP contribution in [-0.4, -0.2) is 13.2 Å². The highest BCUT2D eigenvalue weighted by Gasteiger charge is 2.17. The molecule has 0 bridgehead atoms. The number of benzene rings is 1. The summed E-state index contributed by atoms with van der Waals surface area (Å²) in [5, 5.41) is 0.707. The first-order valence-corrected chi connectivity index (χ1v) is 5.28. The molecule has 0 radical (unpaired) electrons. The minimum absolute atomic E-state index is 0.543. The van der Waals surface area contributed by atoms with Crippen LogP contribution < -0.4 is 5.73 Å². The van der Waals surface area contributed by atoms with Crippen molar-refractivity contribution in [2.75, 3.05) is 18.9 Å². The summed E-state index contributed by atoms with van der Waals surface area (Å²) in [6.07, 6.45) is 2.12. The number of hydrogen-bond donors (Lipinski definition) is 1. The minimum Gasteiger partial charge on any atom is -0.398 e. The van der Waals surface area contributed by atoms with Crippen molar-refractivity contribution in [3.8, 4) is 0 Å². The lowest BCUT2D eigenvalue weighted by Crippen LogP contribution is -2.15. The second-order valence-electron chi connectivity index (χ2n) is 3.66. The van der Waals surface area contributed by atoms with Gasteiger partial charge in [-0.3, -0.25) is 0 Å². The van der Waals surface area contributed by atoms with Gasteiger partial charge in [0.05, 0.1) is 0 Å². The monoisotopic (exact) mass is 211 g/mol. The molecule has 0 atom stereocenters. The van der Waals surface area contributed by atoms with E-state index in [1.54, 1.807) is 0 Å². The van der Waals surface area contributed by atoms with Crippen molar-refractivity contribution in [2.45, 2.75) is 18.8 Å². The molecule has 0 saturated carbocycles. The van der Waals surface area contributed by atoms with Crippen molar-refractivity contribution in [1.82, 2.24) is 0 Å². The van der Waals surface area contributed by atoms with Gasteiger partial charge >= 0.3 is 0 Å². The van der Waals surface area contributed by atoms with E-state index < -0.39 is 0 Å². The van der Waals surface area contributed by atoms with Gasteiger partial charge in [0.1, 0.15) is 0 Å². The lowest BCUT2D eigenvalue weighted by Gasteiger charge is -2.23. The fourth-order valence-electron chi connectivity index (χ4n) is 1.93. The smallest absolute Gasteiger partial charge is 0.0471 e. The van der Waals surface area contributed by atoms with Gasteiger partial charge in [-0.05, 0) is 36.5 Å². The molecule has 1 saturated heterocycles. The molecule has 1 aliphatic heterocycles. The third-order valence-electron chi connectivity index (χ3n) is 2.71. The average Bonchev–Trinajstić information content (AvgIpc) is 2.19. The quantitative estimate of drug-likeness (QED) is 0.725. The molecule has 0 amide bonds. The van der Waals surface area contributed by atoms with E-state index in [9.17, 15) is 0 Å². The zero-order chi connectivity index (χ0) is 9.97. The molecular formula is C11H14ClNO. The zero-order valence-corrected chi connectivity index (χ0v) is 8.76. The Morgan fingerprint density at radius 3 is 2.64 bits per heavy atom. The number of hydrogen-bond acceptors (Lipinski definition) is 2. The van der Waals surface area contributed by atoms with Gasteiger partial charge in [-0.2, -0.15) is 0 Å². The van der Waals surface area contributed by atoms with E-state index >= 15 is 0 Å². The number of halogens is 1. The highest BCUT2D eigenvalue weighted by atomic mass is 35.5. The molecule has 0 aromatic heterocycles. The maximum atomic E-state index is 5.93. The van der Waals surface area contributed by atoms with E-state index in [2.05, 4.69) is 0 Å². The normalized spacial score (nSPS) is 18.4. The van der Waals surface area contributed by atoms with Crippen molar-refractivity contribution in [3.05, 3.63) is 28.8 Å². The summed E-state index contributed by atoms with van der Waals surface area (Å²) < 4.78 is 5.32. The maximum Gasteiger partial charge on any atom is 0.0471 e. The first kappa shape index (κ1) is 9.81. The third kappa shape index (κ3) is 2.02. The van der Waals surface area contributed by atoms with Gasteiger partial charge in [0.15, 0.2) is 0 Å². The van der Waals surface area contributed by atoms with Crippen LogP contribution in [-0.2, 0) is 4.74 Å². The molecule has 1 aromatic rings. The molecule has 2 N–H and O–H groups in total. The second-order valence-corrected chi connectivity index (χ2v) is 4.10. The molecule has 3 heteroatoms. The minimum atomic E-state index is 0.543. The number of nitrogen functional groups attached to an aromatic ring is 1. The number of nitrogens with two attached hydrogens (primary N) is 1. The number of anilines is 1. The van der Waals surface area contributed by atoms with Crippen LogP contribution in [0.4, 0.5) is 5.69 Å². The Labute approximate surface area is 89.0 Å². The van der Waals surface area contributed by atoms with Crippen molar-refractivity contribution in [1.29, 1.82) is 0 Å². The molecule has 76 valence electrons. The van der Waals surface area contributed by atoms with Gasteiger partial charge < -0.3 is 10.5 Å². The molecule has 0 spiro atoms. The highest BCUT2D eigenvalue weighted by molar-refractivity contribution is 6.30. The van der Waals surface area contributed by atoms with Crippen LogP contribution in [0.15, 0.2) is 18.2 Å². The Hall–Kier alpha value is -0.730. The SMILES string of the molecule is Nc1cc(Cl)ccc1C1CCOCC1. The van der Waals surface area contributed by atoms with E-state index in [1.807, 2.05) is 18.2 Å². The van der Waals surface area contributed by atoms with Crippen molar-refractivity contribution in [2.24, 2.45) is 0 Å². The van der Waals surface area contributed by atoms with Crippen LogP contribution in [0, 0.1) is 0 Å². The molecule has 0 unspecified atom stereocenters. The van der Waals surface area contributed by atoms with Crippen LogP contribution in [0.1, 0.15) is 24.3 Å². The Bertz CT molecular complexity index is 321. The zero-order valence-electron chi connectivity index (χ0n) is 8.00. The predicted octanol–water partition coefficient (Wildman–Crippen LogP) is 2.82. The molecule has 2 nitrogen and oxygen atoms in total. The van der Waals surface area contributed by atoms with Crippen LogP contribution in [0.3, 0.4) is 0 Å². The molecule has 1 heterocycles. The Morgan fingerprint density at radius 1 is 1.29 bits per heavy atom. The summed E-state index contributed by atoms with van der Waals surface area (Å²) in [5.41, 5.74) is 7.96. The van der Waals surface area contributed by atoms with Crippen molar-refractivity contribution in [3.63, 3.8) is 0 Å². The van der Waals surface area contributed by atoms with Crippen LogP contribution in [0.25, 0.3) is 0 Å². The first-order valence-electron chi connectivity index (χ1n) is 4.90. The van der Waals surface area contributed by atoms with Gasteiger partial charge in [-0.25, -0.2) is 0 Å².